The van der Waals surface area contributed by atoms with E-state index in [0.29, 0.717) is 13.2 Å². The van der Waals surface area contributed by atoms with Crippen LogP contribution in [0.4, 0.5) is 10.1 Å². The van der Waals surface area contributed by atoms with Crippen molar-refractivity contribution in [2.75, 3.05) is 18.6 Å². The Balaban J connectivity index is 2.12. The summed E-state index contributed by atoms with van der Waals surface area (Å²) in [6, 6.07) is 5.96. The first kappa shape index (κ1) is 15.7. The van der Waals surface area contributed by atoms with Gasteiger partial charge in [0.2, 0.25) is 5.71 Å². The Morgan fingerprint density at radius 3 is 3.09 bits per heavy atom. The molecule has 1 aromatic carbocycles. The summed E-state index contributed by atoms with van der Waals surface area (Å²) in [5.41, 5.74) is 7.21. The molecular formula is C14H16FN5O2. The highest BCUT2D eigenvalue weighted by Gasteiger charge is 2.18. The predicted octanol–water partition coefficient (Wildman–Crippen LogP) is 1.61. The van der Waals surface area contributed by atoms with Gasteiger partial charge in [-0.2, -0.15) is 10.4 Å². The van der Waals surface area contributed by atoms with E-state index in [4.69, 9.17) is 25.9 Å². The number of benzene rings is 1. The van der Waals surface area contributed by atoms with Gasteiger partial charge in [0, 0.05) is 6.61 Å². The standard InChI is InChI=1S/C14H16FN5O2/c15-10-4-1-5-12(22-8-9-3-2-6-21-9)13(10)20-19-11(7-16)14(17)18/h1,4-5,9,20H,2-3,6,8H2,(H3,17,18)/b19-11+. The van der Waals surface area contributed by atoms with Crippen molar-refractivity contribution in [3.05, 3.63) is 24.0 Å². The topological polar surface area (TPSA) is 117 Å². The minimum Gasteiger partial charge on any atom is -0.489 e. The smallest absolute Gasteiger partial charge is 0.201 e. The highest BCUT2D eigenvalue weighted by atomic mass is 19.1. The Morgan fingerprint density at radius 2 is 2.45 bits per heavy atom. The number of nitrogens with one attached hydrogen (secondary N) is 2. The number of nitriles is 1. The zero-order valence-electron chi connectivity index (χ0n) is 11.8. The molecule has 1 aliphatic rings. The van der Waals surface area contributed by atoms with Gasteiger partial charge in [0.1, 0.15) is 24.1 Å². The molecule has 1 aromatic rings. The average Bonchev–Trinajstić information content (AvgIpc) is 3.00. The maximum Gasteiger partial charge on any atom is 0.201 e. The molecule has 2 rings (SSSR count). The van der Waals surface area contributed by atoms with E-state index in [9.17, 15) is 4.39 Å². The summed E-state index contributed by atoms with van der Waals surface area (Å²) in [6.07, 6.45) is 1.88. The third-order valence-corrected chi connectivity index (χ3v) is 3.06. The van der Waals surface area contributed by atoms with Gasteiger partial charge in [-0.25, -0.2) is 4.39 Å². The fraction of sp³-hybridized carbons (Fsp3) is 0.357. The fourth-order valence-electron chi connectivity index (χ4n) is 1.95. The maximum absolute atomic E-state index is 13.9. The first-order valence-corrected chi connectivity index (χ1v) is 6.73. The van der Waals surface area contributed by atoms with Gasteiger partial charge in [-0.3, -0.25) is 10.8 Å². The molecule has 0 saturated carbocycles. The summed E-state index contributed by atoms with van der Waals surface area (Å²) in [5, 5.41) is 19.6. The van der Waals surface area contributed by atoms with Crippen LogP contribution in [0.25, 0.3) is 0 Å². The number of amidine groups is 1. The molecule has 1 unspecified atom stereocenters. The lowest BCUT2D eigenvalue weighted by molar-refractivity contribution is 0.0681. The van der Waals surface area contributed by atoms with Crippen LogP contribution in [-0.4, -0.2) is 30.9 Å². The molecule has 1 atom stereocenters. The van der Waals surface area contributed by atoms with E-state index in [1.54, 1.807) is 12.1 Å². The molecule has 1 fully saturated rings. The number of ether oxygens (including phenoxy) is 2. The fourth-order valence-corrected chi connectivity index (χ4v) is 1.95. The number of hydrazone groups is 1. The van der Waals surface area contributed by atoms with Crippen molar-refractivity contribution in [2.24, 2.45) is 10.8 Å². The molecule has 22 heavy (non-hydrogen) atoms. The summed E-state index contributed by atoms with van der Waals surface area (Å²) in [5.74, 6) is -0.845. The molecular weight excluding hydrogens is 289 g/mol. The molecule has 0 aromatic heterocycles. The minimum atomic E-state index is -0.588. The molecule has 0 aliphatic carbocycles. The zero-order valence-corrected chi connectivity index (χ0v) is 11.8. The van der Waals surface area contributed by atoms with E-state index in [1.165, 1.54) is 12.1 Å². The molecule has 1 aliphatic heterocycles. The number of anilines is 1. The first-order valence-electron chi connectivity index (χ1n) is 6.73. The maximum atomic E-state index is 13.9. The highest BCUT2D eigenvalue weighted by molar-refractivity contribution is 6.45. The zero-order chi connectivity index (χ0) is 15.9. The van der Waals surface area contributed by atoms with Crippen LogP contribution in [0, 0.1) is 22.6 Å². The second-order valence-electron chi connectivity index (χ2n) is 4.66. The molecule has 1 saturated heterocycles. The Bertz CT molecular complexity index is 620. The van der Waals surface area contributed by atoms with Gasteiger partial charge < -0.3 is 15.2 Å². The molecule has 1 heterocycles. The van der Waals surface area contributed by atoms with Crippen LogP contribution in [-0.2, 0) is 4.74 Å². The second-order valence-corrected chi connectivity index (χ2v) is 4.66. The largest absolute Gasteiger partial charge is 0.489 e. The van der Waals surface area contributed by atoms with Gasteiger partial charge in [-0.05, 0) is 25.0 Å². The van der Waals surface area contributed by atoms with Gasteiger partial charge in [-0.15, -0.1) is 0 Å². The number of para-hydroxylation sites is 1. The average molecular weight is 305 g/mol. The SMILES string of the molecule is N#C/C(=N\Nc1c(F)cccc1OCC1CCCO1)C(=N)N. The number of nitrogens with two attached hydrogens (primary N) is 1. The molecule has 0 amide bonds. The lowest BCUT2D eigenvalue weighted by Crippen LogP contribution is -2.22. The van der Waals surface area contributed by atoms with Crippen molar-refractivity contribution in [2.45, 2.75) is 18.9 Å². The molecule has 7 nitrogen and oxygen atoms in total. The van der Waals surface area contributed by atoms with E-state index in [1.807, 2.05) is 0 Å². The van der Waals surface area contributed by atoms with Gasteiger partial charge in [-0.1, -0.05) is 6.07 Å². The van der Waals surface area contributed by atoms with E-state index in [-0.39, 0.29) is 23.3 Å². The summed E-state index contributed by atoms with van der Waals surface area (Å²) >= 11 is 0. The Labute approximate surface area is 127 Å². The summed E-state index contributed by atoms with van der Waals surface area (Å²) in [4.78, 5) is 0. The minimum absolute atomic E-state index is 0.00786. The van der Waals surface area contributed by atoms with Crippen molar-refractivity contribution in [3.8, 4) is 11.8 Å². The lowest BCUT2D eigenvalue weighted by atomic mass is 10.2. The molecule has 0 bridgehead atoms. The summed E-state index contributed by atoms with van der Waals surface area (Å²) in [6.45, 7) is 1.01. The summed E-state index contributed by atoms with van der Waals surface area (Å²) in [7, 11) is 0. The van der Waals surface area contributed by atoms with E-state index >= 15 is 0 Å². The van der Waals surface area contributed by atoms with E-state index in [2.05, 4.69) is 10.5 Å². The Hall–Kier alpha value is -2.66. The van der Waals surface area contributed by atoms with Crippen molar-refractivity contribution in [3.63, 3.8) is 0 Å². The summed E-state index contributed by atoms with van der Waals surface area (Å²) < 4.78 is 24.9. The van der Waals surface area contributed by atoms with Crippen LogP contribution in [0.5, 0.6) is 5.75 Å². The number of rotatable bonds is 6. The van der Waals surface area contributed by atoms with Crippen molar-refractivity contribution < 1.29 is 13.9 Å². The molecule has 8 heteroatoms. The van der Waals surface area contributed by atoms with Crippen LogP contribution < -0.4 is 15.9 Å². The Morgan fingerprint density at radius 1 is 1.64 bits per heavy atom. The van der Waals surface area contributed by atoms with Gasteiger partial charge in [0.05, 0.1) is 6.10 Å². The molecule has 4 N–H and O–H groups in total. The lowest BCUT2D eigenvalue weighted by Gasteiger charge is -2.14. The van der Waals surface area contributed by atoms with Gasteiger partial charge in [0.15, 0.2) is 11.7 Å². The number of hydrogen-bond acceptors (Lipinski definition) is 6. The van der Waals surface area contributed by atoms with Crippen molar-refractivity contribution >= 4 is 17.2 Å². The van der Waals surface area contributed by atoms with Gasteiger partial charge in [0.25, 0.3) is 0 Å². The molecule has 116 valence electrons. The van der Waals surface area contributed by atoms with E-state index in [0.717, 1.165) is 12.8 Å². The van der Waals surface area contributed by atoms with Crippen LogP contribution in [0.1, 0.15) is 12.8 Å². The van der Waals surface area contributed by atoms with Crippen LogP contribution in [0.15, 0.2) is 23.3 Å². The number of hydrogen-bond donors (Lipinski definition) is 3. The number of halogens is 1. The van der Waals surface area contributed by atoms with Crippen molar-refractivity contribution in [1.29, 1.82) is 10.7 Å². The quantitative estimate of drug-likeness (QED) is 0.419. The second kappa shape index (κ2) is 7.38. The highest BCUT2D eigenvalue weighted by Crippen LogP contribution is 2.28. The molecule has 0 spiro atoms. The van der Waals surface area contributed by atoms with Crippen LogP contribution in [0.3, 0.4) is 0 Å². The Kier molecular flexibility index (Phi) is 5.27. The monoisotopic (exact) mass is 305 g/mol. The van der Waals surface area contributed by atoms with E-state index < -0.39 is 11.7 Å². The number of nitrogens with zero attached hydrogens (tertiary/aromatic N) is 2. The molecule has 0 radical (unpaired) electrons. The van der Waals surface area contributed by atoms with Crippen molar-refractivity contribution in [1.82, 2.24) is 0 Å². The third kappa shape index (κ3) is 3.93. The first-order chi connectivity index (χ1) is 10.6. The van der Waals surface area contributed by atoms with Gasteiger partial charge >= 0.3 is 0 Å². The van der Waals surface area contributed by atoms with Crippen LogP contribution in [0.2, 0.25) is 0 Å². The predicted molar refractivity (Wildman–Crippen MR) is 79.5 cm³/mol. The third-order valence-electron chi connectivity index (χ3n) is 3.06. The normalized spacial score (nSPS) is 17.8. The van der Waals surface area contributed by atoms with Crippen LogP contribution >= 0.6 is 0 Å².